The number of tetrazole rings is 1. The van der Waals surface area contributed by atoms with Gasteiger partial charge in [-0.2, -0.15) is 4.80 Å². The van der Waals surface area contributed by atoms with Crippen LogP contribution in [0.15, 0.2) is 25.0 Å². The number of hydrogen-bond donors (Lipinski definition) is 0. The van der Waals surface area contributed by atoms with Gasteiger partial charge >= 0.3 is 0 Å². The van der Waals surface area contributed by atoms with Gasteiger partial charge in [-0.05, 0) is 30.9 Å². The third-order valence-electron chi connectivity index (χ3n) is 5.47. The molecule has 1 saturated heterocycles. The molecule has 0 spiro atoms. The minimum absolute atomic E-state index is 0.0286. The molecule has 1 aliphatic carbocycles. The van der Waals surface area contributed by atoms with E-state index < -0.39 is 0 Å². The molecule has 0 N–H and O–H groups in total. The van der Waals surface area contributed by atoms with Gasteiger partial charge in [-0.1, -0.05) is 0 Å². The van der Waals surface area contributed by atoms with E-state index >= 15 is 0 Å². The highest BCUT2D eigenvalue weighted by Gasteiger charge is 2.34. The molecule has 5 rings (SSSR count). The number of piperidine rings is 1. The Hall–Kier alpha value is -3.11. The number of amides is 1. The number of rotatable bonds is 6. The molecule has 0 radical (unpaired) electrons. The summed E-state index contributed by atoms with van der Waals surface area (Å²) >= 11 is 0. The Morgan fingerprint density at radius 2 is 2.00 bits per heavy atom. The number of carbonyl (C=O) groups is 1. The van der Waals surface area contributed by atoms with Gasteiger partial charge in [0.25, 0.3) is 0 Å². The van der Waals surface area contributed by atoms with E-state index in [1.54, 1.807) is 12.5 Å². The lowest BCUT2D eigenvalue weighted by Gasteiger charge is -2.31. The van der Waals surface area contributed by atoms with E-state index in [0.29, 0.717) is 31.6 Å². The van der Waals surface area contributed by atoms with Crippen molar-refractivity contribution in [2.45, 2.75) is 50.7 Å². The largest absolute Gasteiger partial charge is 0.341 e. The number of imidazole rings is 1. The second-order valence-corrected chi connectivity index (χ2v) is 7.43. The van der Waals surface area contributed by atoms with Crippen LogP contribution in [0.25, 0.3) is 0 Å². The zero-order valence-electron chi connectivity index (χ0n) is 15.5. The van der Waals surface area contributed by atoms with Gasteiger partial charge in [0.15, 0.2) is 12.2 Å². The van der Waals surface area contributed by atoms with Crippen LogP contribution in [0.3, 0.4) is 0 Å². The summed E-state index contributed by atoms with van der Waals surface area (Å²) in [4.78, 5) is 19.7. The van der Waals surface area contributed by atoms with Crippen molar-refractivity contribution in [3.63, 3.8) is 0 Å². The molecule has 4 heterocycles. The Labute approximate surface area is 161 Å². The van der Waals surface area contributed by atoms with E-state index in [0.717, 1.165) is 24.5 Å². The molecule has 3 aromatic heterocycles. The standard InChI is InChI=1S/C17H22N10O/c28-16(10-26-20-11-19-23-26)25-6-3-13(4-7-25)17-22-21-15(27(17)14-1-2-14)9-24-8-5-18-12-24/h5,8,11-14H,1-4,6-7,9-10H2. The maximum atomic E-state index is 12.4. The van der Waals surface area contributed by atoms with Gasteiger partial charge in [-0.15, -0.1) is 20.4 Å². The van der Waals surface area contributed by atoms with Crippen LogP contribution in [-0.4, -0.2) is 68.4 Å². The molecule has 0 unspecified atom stereocenters. The molecular weight excluding hydrogens is 360 g/mol. The number of aromatic nitrogens is 9. The van der Waals surface area contributed by atoms with Crippen LogP contribution >= 0.6 is 0 Å². The van der Waals surface area contributed by atoms with Crippen LogP contribution < -0.4 is 0 Å². The fourth-order valence-corrected chi connectivity index (χ4v) is 3.87. The van der Waals surface area contributed by atoms with E-state index in [1.165, 1.54) is 24.0 Å². The molecular formula is C17H22N10O. The average Bonchev–Trinajstić information content (AvgIpc) is 3.11. The molecule has 1 saturated carbocycles. The molecule has 0 bridgehead atoms. The van der Waals surface area contributed by atoms with E-state index in [4.69, 9.17) is 0 Å². The minimum atomic E-state index is 0.0286. The zero-order valence-corrected chi connectivity index (χ0v) is 15.5. The van der Waals surface area contributed by atoms with Crippen LogP contribution in [0.1, 0.15) is 49.3 Å². The molecule has 11 nitrogen and oxygen atoms in total. The third-order valence-corrected chi connectivity index (χ3v) is 5.47. The Balaban J connectivity index is 1.26. The van der Waals surface area contributed by atoms with E-state index in [9.17, 15) is 4.79 Å². The first kappa shape index (κ1) is 17.0. The Morgan fingerprint density at radius 3 is 2.68 bits per heavy atom. The van der Waals surface area contributed by atoms with Crippen molar-refractivity contribution in [2.75, 3.05) is 13.1 Å². The van der Waals surface area contributed by atoms with Crippen molar-refractivity contribution in [1.82, 2.24) is 49.4 Å². The molecule has 2 aliphatic rings. The van der Waals surface area contributed by atoms with E-state index in [2.05, 4.69) is 35.2 Å². The summed E-state index contributed by atoms with van der Waals surface area (Å²) < 4.78 is 4.35. The van der Waals surface area contributed by atoms with Crippen molar-refractivity contribution < 1.29 is 4.79 Å². The van der Waals surface area contributed by atoms with Crippen molar-refractivity contribution >= 4 is 5.91 Å². The first-order valence-electron chi connectivity index (χ1n) is 9.66. The number of likely N-dealkylation sites (tertiary alicyclic amines) is 1. The lowest BCUT2D eigenvalue weighted by Crippen LogP contribution is -2.40. The molecule has 11 heteroatoms. The van der Waals surface area contributed by atoms with Crippen LogP contribution in [0.5, 0.6) is 0 Å². The van der Waals surface area contributed by atoms with Gasteiger partial charge in [0.2, 0.25) is 5.91 Å². The van der Waals surface area contributed by atoms with Gasteiger partial charge in [-0.25, -0.2) is 4.98 Å². The van der Waals surface area contributed by atoms with Gasteiger partial charge in [0, 0.05) is 37.4 Å². The number of nitrogens with zero attached hydrogens (tertiary/aromatic N) is 10. The molecule has 1 amide bonds. The SMILES string of the molecule is O=C(Cn1ncnn1)N1CCC(c2nnc(Cn3ccnc3)n2C2CC2)CC1. The molecule has 2 fully saturated rings. The normalized spacial score (nSPS) is 17.9. The number of hydrogen-bond acceptors (Lipinski definition) is 7. The summed E-state index contributed by atoms with van der Waals surface area (Å²) in [6.45, 7) is 2.25. The lowest BCUT2D eigenvalue weighted by molar-refractivity contribution is -0.133. The van der Waals surface area contributed by atoms with Crippen molar-refractivity contribution in [3.8, 4) is 0 Å². The summed E-state index contributed by atoms with van der Waals surface area (Å²) in [7, 11) is 0. The fourth-order valence-electron chi connectivity index (χ4n) is 3.87. The Morgan fingerprint density at radius 1 is 1.14 bits per heavy atom. The second kappa shape index (κ2) is 7.13. The van der Waals surface area contributed by atoms with Gasteiger partial charge in [0.05, 0.1) is 12.9 Å². The maximum Gasteiger partial charge on any atom is 0.246 e. The quantitative estimate of drug-likeness (QED) is 0.600. The van der Waals surface area contributed by atoms with Crippen LogP contribution in [0, 0.1) is 0 Å². The molecule has 0 atom stereocenters. The van der Waals surface area contributed by atoms with Crippen LogP contribution in [-0.2, 0) is 17.9 Å². The van der Waals surface area contributed by atoms with E-state index in [1.807, 2.05) is 15.7 Å². The predicted octanol–water partition coefficient (Wildman–Crippen LogP) is 0.250. The topological polar surface area (TPSA) is 112 Å². The van der Waals surface area contributed by atoms with Gasteiger partial charge in [-0.3, -0.25) is 4.79 Å². The molecule has 0 aromatic carbocycles. The highest BCUT2D eigenvalue weighted by Crippen LogP contribution is 2.39. The monoisotopic (exact) mass is 382 g/mol. The van der Waals surface area contributed by atoms with Crippen molar-refractivity contribution in [2.24, 2.45) is 0 Å². The Bertz CT molecular complexity index is 919. The molecule has 28 heavy (non-hydrogen) atoms. The summed E-state index contributed by atoms with van der Waals surface area (Å²) in [5, 5.41) is 20.4. The maximum absolute atomic E-state index is 12.4. The van der Waals surface area contributed by atoms with Gasteiger partial charge < -0.3 is 14.0 Å². The zero-order chi connectivity index (χ0) is 18.9. The summed E-state index contributed by atoms with van der Waals surface area (Å²) in [6.07, 6.45) is 11.0. The summed E-state index contributed by atoms with van der Waals surface area (Å²) in [5.74, 6) is 2.42. The summed E-state index contributed by atoms with van der Waals surface area (Å²) in [6, 6.07) is 0.515. The Kier molecular flexibility index (Phi) is 4.34. The first-order valence-corrected chi connectivity index (χ1v) is 9.66. The highest BCUT2D eigenvalue weighted by atomic mass is 16.2. The molecule has 1 aliphatic heterocycles. The number of carbonyl (C=O) groups excluding carboxylic acids is 1. The van der Waals surface area contributed by atoms with Crippen LogP contribution in [0.4, 0.5) is 0 Å². The summed E-state index contributed by atoms with van der Waals surface area (Å²) in [5.41, 5.74) is 0. The van der Waals surface area contributed by atoms with Gasteiger partial charge in [0.1, 0.15) is 12.4 Å². The fraction of sp³-hybridized carbons (Fsp3) is 0.588. The minimum Gasteiger partial charge on any atom is -0.341 e. The predicted molar refractivity (Wildman–Crippen MR) is 96.0 cm³/mol. The van der Waals surface area contributed by atoms with E-state index in [-0.39, 0.29) is 12.5 Å². The molecule has 146 valence electrons. The second-order valence-electron chi connectivity index (χ2n) is 7.43. The average molecular weight is 382 g/mol. The van der Waals surface area contributed by atoms with Crippen molar-refractivity contribution in [3.05, 3.63) is 36.7 Å². The third kappa shape index (κ3) is 3.39. The van der Waals surface area contributed by atoms with Crippen LogP contribution in [0.2, 0.25) is 0 Å². The smallest absolute Gasteiger partial charge is 0.246 e. The van der Waals surface area contributed by atoms with Crippen molar-refractivity contribution in [1.29, 1.82) is 0 Å². The lowest BCUT2D eigenvalue weighted by atomic mass is 9.95. The molecule has 3 aromatic rings. The first-order chi connectivity index (χ1) is 13.8. The highest BCUT2D eigenvalue weighted by molar-refractivity contribution is 5.75.